The van der Waals surface area contributed by atoms with Gasteiger partial charge in [0.2, 0.25) is 0 Å². The Bertz CT molecular complexity index is 909. The van der Waals surface area contributed by atoms with Crippen molar-refractivity contribution in [2.45, 2.75) is 85.2 Å². The van der Waals surface area contributed by atoms with Crippen LogP contribution < -0.4 is 5.73 Å². The molecule has 36 heavy (non-hydrogen) atoms. The number of aliphatic hydroxyl groups is 1. The monoisotopic (exact) mass is 504 g/mol. The highest BCUT2D eigenvalue weighted by atomic mass is 16.6. The summed E-state index contributed by atoms with van der Waals surface area (Å²) in [5, 5.41) is 30.8. The number of nitrogens with zero attached hydrogens (tertiary/aromatic N) is 1. The van der Waals surface area contributed by atoms with E-state index in [0.29, 0.717) is 42.6 Å². The zero-order valence-electron chi connectivity index (χ0n) is 22.2. The van der Waals surface area contributed by atoms with Gasteiger partial charge in [-0.3, -0.25) is 0 Å². The molecule has 3 fully saturated rings. The van der Waals surface area contributed by atoms with Crippen LogP contribution in [0, 0.1) is 34.5 Å². The molecule has 4 aliphatic carbocycles. The van der Waals surface area contributed by atoms with E-state index in [4.69, 9.17) is 20.8 Å². The van der Waals surface area contributed by atoms with Crippen molar-refractivity contribution in [3.63, 3.8) is 0 Å². The third-order valence-corrected chi connectivity index (χ3v) is 9.47. The normalized spacial score (nSPS) is 36.7. The number of nitrogens with two attached hydrogens (primary N) is 1. The van der Waals surface area contributed by atoms with E-state index < -0.39 is 11.9 Å². The standard InChI is InChI=1S/C24H40N2O2.C4H4O4/c1-15(2)22-19-6-5-16-17-7-8-21(27)24(17,4)11-9-18(16)23(19,3)12-10-20(22)26-28-14-13-25;5-3(6)1-2-4(7)8/h15-18,21,27H,5-14,25H2,1-4H3;1-2H,(H,5,6)(H,7,8)/b26-20+;2-1+/t16-,17-,18-,21-,23+,24-;/m0./s1. The maximum atomic E-state index is 10.7. The molecular weight excluding hydrogens is 460 g/mol. The number of aliphatic carboxylic acids is 2. The van der Waals surface area contributed by atoms with Gasteiger partial charge in [-0.05, 0) is 91.4 Å². The summed E-state index contributed by atoms with van der Waals surface area (Å²) in [7, 11) is 0. The Labute approximate surface area is 214 Å². The smallest absolute Gasteiger partial charge is 0.328 e. The van der Waals surface area contributed by atoms with Crippen LogP contribution in [-0.2, 0) is 14.4 Å². The van der Waals surface area contributed by atoms with Crippen molar-refractivity contribution in [1.82, 2.24) is 0 Å². The van der Waals surface area contributed by atoms with Crippen molar-refractivity contribution in [2.75, 3.05) is 13.2 Å². The summed E-state index contributed by atoms with van der Waals surface area (Å²) in [6, 6.07) is 0. The summed E-state index contributed by atoms with van der Waals surface area (Å²) < 4.78 is 0. The molecule has 8 nitrogen and oxygen atoms in total. The quantitative estimate of drug-likeness (QED) is 0.239. The number of carbonyl (C=O) groups is 2. The Morgan fingerprint density at radius 2 is 1.72 bits per heavy atom. The number of carboxylic acid groups (broad SMARTS) is 2. The van der Waals surface area contributed by atoms with Crippen LogP contribution in [0.4, 0.5) is 0 Å². The molecule has 4 rings (SSSR count). The second kappa shape index (κ2) is 11.5. The molecule has 0 saturated heterocycles. The predicted molar refractivity (Wildman–Crippen MR) is 138 cm³/mol. The van der Waals surface area contributed by atoms with Crippen LogP contribution in [-0.4, -0.2) is 52.2 Å². The van der Waals surface area contributed by atoms with Gasteiger partial charge in [-0.15, -0.1) is 0 Å². The van der Waals surface area contributed by atoms with E-state index in [2.05, 4.69) is 32.9 Å². The first-order valence-electron chi connectivity index (χ1n) is 13.4. The van der Waals surface area contributed by atoms with Crippen LogP contribution in [0.25, 0.3) is 0 Å². The van der Waals surface area contributed by atoms with E-state index >= 15 is 0 Å². The van der Waals surface area contributed by atoms with Crippen molar-refractivity contribution in [3.05, 3.63) is 23.3 Å². The number of hydrogen-bond acceptors (Lipinski definition) is 6. The van der Waals surface area contributed by atoms with E-state index in [1.807, 2.05) is 0 Å². The van der Waals surface area contributed by atoms with Crippen molar-refractivity contribution in [3.8, 4) is 0 Å². The molecule has 0 aromatic carbocycles. The minimum Gasteiger partial charge on any atom is -0.478 e. The molecule has 0 aliphatic heterocycles. The van der Waals surface area contributed by atoms with Crippen molar-refractivity contribution in [2.24, 2.45) is 45.4 Å². The molecule has 4 aliphatic rings. The number of rotatable bonds is 6. The van der Waals surface area contributed by atoms with Gasteiger partial charge in [0.15, 0.2) is 0 Å². The van der Waals surface area contributed by atoms with Crippen LogP contribution in [0.2, 0.25) is 0 Å². The van der Waals surface area contributed by atoms with Gasteiger partial charge in [0.25, 0.3) is 0 Å². The summed E-state index contributed by atoms with van der Waals surface area (Å²) >= 11 is 0. The second-order valence-corrected chi connectivity index (χ2v) is 11.7. The van der Waals surface area contributed by atoms with E-state index in [0.717, 1.165) is 24.7 Å². The maximum Gasteiger partial charge on any atom is 0.328 e. The Kier molecular flexibility index (Phi) is 9.04. The van der Waals surface area contributed by atoms with E-state index in [-0.39, 0.29) is 11.5 Å². The predicted octanol–water partition coefficient (Wildman–Crippen LogP) is 4.38. The number of aliphatic hydroxyl groups excluding tert-OH is 1. The van der Waals surface area contributed by atoms with Gasteiger partial charge in [0.1, 0.15) is 6.61 Å². The average molecular weight is 505 g/mol. The van der Waals surface area contributed by atoms with E-state index in [1.165, 1.54) is 49.8 Å². The SMILES string of the molecule is CC(C)C1=C2CC[C@H]3[C@@H]4CC[C@H](O)[C@@]4(C)CC[C@@H]3[C@@]2(C)CC/C1=N\OCCN.O=C(O)/C=C/C(=O)O. The number of allylic oxidation sites excluding steroid dienone is 2. The highest BCUT2D eigenvalue weighted by Gasteiger charge is 2.59. The average Bonchev–Trinajstić information content (AvgIpc) is 3.12. The van der Waals surface area contributed by atoms with E-state index in [9.17, 15) is 14.7 Å². The van der Waals surface area contributed by atoms with Gasteiger partial charge in [0.05, 0.1) is 11.8 Å². The summed E-state index contributed by atoms with van der Waals surface area (Å²) in [6.45, 7) is 10.5. The molecule has 0 radical (unpaired) electrons. The molecule has 202 valence electrons. The first kappa shape index (κ1) is 28.4. The fourth-order valence-corrected chi connectivity index (χ4v) is 7.83. The number of hydrogen-bond donors (Lipinski definition) is 4. The lowest BCUT2D eigenvalue weighted by Crippen LogP contribution is -2.52. The van der Waals surface area contributed by atoms with Crippen molar-refractivity contribution >= 4 is 17.7 Å². The van der Waals surface area contributed by atoms with Gasteiger partial charge < -0.3 is 25.9 Å². The van der Waals surface area contributed by atoms with Gasteiger partial charge in [-0.2, -0.15) is 0 Å². The zero-order chi connectivity index (χ0) is 26.7. The topological polar surface area (TPSA) is 142 Å². The van der Waals surface area contributed by atoms with Crippen molar-refractivity contribution < 1.29 is 29.7 Å². The molecule has 0 heterocycles. The van der Waals surface area contributed by atoms with Crippen LogP contribution >= 0.6 is 0 Å². The Balaban J connectivity index is 0.000000392. The zero-order valence-corrected chi connectivity index (χ0v) is 22.2. The minimum atomic E-state index is -1.26. The summed E-state index contributed by atoms with van der Waals surface area (Å²) in [5.74, 6) is 0.225. The molecule has 5 N–H and O–H groups in total. The number of oxime groups is 1. The van der Waals surface area contributed by atoms with Gasteiger partial charge >= 0.3 is 11.9 Å². The van der Waals surface area contributed by atoms with Gasteiger partial charge in [0, 0.05) is 18.7 Å². The van der Waals surface area contributed by atoms with Crippen LogP contribution in [0.15, 0.2) is 28.5 Å². The molecule has 3 saturated carbocycles. The Hall–Kier alpha value is -2.19. The first-order valence-corrected chi connectivity index (χ1v) is 13.4. The van der Waals surface area contributed by atoms with Crippen LogP contribution in [0.1, 0.15) is 79.1 Å². The fourth-order valence-electron chi connectivity index (χ4n) is 7.83. The summed E-state index contributed by atoms with van der Waals surface area (Å²) in [6.07, 6.45) is 10.4. The maximum absolute atomic E-state index is 10.7. The van der Waals surface area contributed by atoms with Crippen LogP contribution in [0.3, 0.4) is 0 Å². The molecule has 8 heteroatoms. The van der Waals surface area contributed by atoms with Crippen LogP contribution in [0.5, 0.6) is 0 Å². The van der Waals surface area contributed by atoms with E-state index in [1.54, 1.807) is 5.57 Å². The minimum absolute atomic E-state index is 0.0841. The molecule has 6 atom stereocenters. The third-order valence-electron chi connectivity index (χ3n) is 9.47. The molecule has 0 unspecified atom stereocenters. The highest BCUT2D eigenvalue weighted by Crippen LogP contribution is 2.66. The fraction of sp³-hybridized carbons (Fsp3) is 0.750. The number of carboxylic acids is 2. The molecule has 0 aromatic rings. The largest absolute Gasteiger partial charge is 0.478 e. The number of fused-ring (bicyclic) bond motifs is 5. The molecule has 0 amide bonds. The van der Waals surface area contributed by atoms with Gasteiger partial charge in [-0.1, -0.05) is 38.4 Å². The highest BCUT2D eigenvalue weighted by molar-refractivity contribution is 6.02. The Morgan fingerprint density at radius 3 is 2.31 bits per heavy atom. The lowest BCUT2D eigenvalue weighted by Gasteiger charge is -2.58. The van der Waals surface area contributed by atoms with Gasteiger partial charge in [-0.25, -0.2) is 9.59 Å². The first-order chi connectivity index (χ1) is 17.0. The third kappa shape index (κ3) is 5.54. The lowest BCUT2D eigenvalue weighted by molar-refractivity contribution is -0.134. The summed E-state index contributed by atoms with van der Waals surface area (Å²) in [5.41, 5.74) is 10.4. The Morgan fingerprint density at radius 1 is 1.06 bits per heavy atom. The summed E-state index contributed by atoms with van der Waals surface area (Å²) in [4.78, 5) is 24.6. The van der Waals surface area contributed by atoms with Crippen molar-refractivity contribution in [1.29, 1.82) is 0 Å². The molecule has 0 spiro atoms. The second-order valence-electron chi connectivity index (χ2n) is 11.7. The lowest BCUT2D eigenvalue weighted by atomic mass is 9.46. The molecule has 0 aromatic heterocycles. The molecule has 0 bridgehead atoms. The molecular formula is C28H44N2O6.